The molecule has 2 aromatic heterocycles. The normalized spacial score (nSPS) is 14.1. The molecule has 1 saturated carbocycles. The smallest absolute Gasteiger partial charge is 0.305 e. The number of nitro groups is 1. The number of aromatic nitrogens is 4. The minimum absolute atomic E-state index is 0.00637. The molecule has 0 bridgehead atoms. The van der Waals surface area contributed by atoms with Crippen LogP contribution >= 0.6 is 23.4 Å². The highest BCUT2D eigenvalue weighted by Crippen LogP contribution is 2.56. The van der Waals surface area contributed by atoms with E-state index in [1.807, 2.05) is 6.92 Å². The molecule has 0 atom stereocenters. The summed E-state index contributed by atoms with van der Waals surface area (Å²) in [6, 6.07) is 8.34. The number of halogens is 3. The van der Waals surface area contributed by atoms with Gasteiger partial charge in [0, 0.05) is 23.4 Å². The van der Waals surface area contributed by atoms with Gasteiger partial charge in [0.1, 0.15) is 10.6 Å². The number of H-pyrrole nitrogens is 1. The highest BCUT2D eigenvalue weighted by atomic mass is 35.5. The third-order valence-corrected chi connectivity index (χ3v) is 9.96. The van der Waals surface area contributed by atoms with Crippen LogP contribution in [0.5, 0.6) is 5.75 Å². The van der Waals surface area contributed by atoms with Crippen LogP contribution in [-0.4, -0.2) is 40.6 Å². The summed E-state index contributed by atoms with van der Waals surface area (Å²) >= 11 is 7.04. The largest absolute Gasteiger partial charge is 0.490 e. The Labute approximate surface area is 235 Å². The van der Waals surface area contributed by atoms with E-state index < -0.39 is 36.8 Å². The average molecular weight is 609 g/mol. The van der Waals surface area contributed by atoms with E-state index in [9.17, 15) is 22.9 Å². The van der Waals surface area contributed by atoms with Gasteiger partial charge in [-0.15, -0.1) is 0 Å². The molecule has 208 valence electrons. The van der Waals surface area contributed by atoms with Gasteiger partial charge < -0.3 is 10.1 Å². The van der Waals surface area contributed by atoms with E-state index in [2.05, 4.69) is 25.5 Å². The maximum Gasteiger partial charge on any atom is 0.305 e. The average Bonchev–Trinajstić information content (AvgIpc) is 3.61. The summed E-state index contributed by atoms with van der Waals surface area (Å²) in [6.45, 7) is 1.81. The second-order valence-corrected chi connectivity index (χ2v) is 12.5. The van der Waals surface area contributed by atoms with Gasteiger partial charge in [-0.05, 0) is 49.7 Å². The number of nitrogens with one attached hydrogen (secondary N) is 2. The Morgan fingerprint density at radius 3 is 2.55 bits per heavy atom. The van der Waals surface area contributed by atoms with Crippen molar-refractivity contribution in [2.45, 2.75) is 39.5 Å². The van der Waals surface area contributed by atoms with E-state index in [-0.39, 0.29) is 50.1 Å². The number of sulfone groups is 1. The topological polar surface area (TPSA) is 153 Å². The van der Waals surface area contributed by atoms with Crippen LogP contribution in [0.3, 0.4) is 0 Å². The monoisotopic (exact) mass is 608 g/mol. The lowest BCUT2D eigenvalue weighted by atomic mass is 10.1. The molecule has 40 heavy (non-hydrogen) atoms. The van der Waals surface area contributed by atoms with Crippen molar-refractivity contribution >= 4 is 50.5 Å². The number of methoxy groups -OCH3 is 1. The molecule has 5 rings (SSSR count). The molecule has 2 aromatic carbocycles. The maximum atomic E-state index is 15.2. The number of hydrogen-bond acceptors (Lipinski definition) is 10. The second kappa shape index (κ2) is 10.3. The van der Waals surface area contributed by atoms with Gasteiger partial charge in [0.2, 0.25) is 5.82 Å². The van der Waals surface area contributed by atoms with Gasteiger partial charge in [-0.25, -0.2) is 22.8 Å². The van der Waals surface area contributed by atoms with Gasteiger partial charge in [0.25, 0.3) is 0 Å². The Balaban J connectivity index is 1.45. The fraction of sp³-hybridized carbons (Fsp3) is 0.208. The van der Waals surface area contributed by atoms with Gasteiger partial charge >= 0.3 is 5.69 Å². The van der Waals surface area contributed by atoms with Crippen LogP contribution in [0.15, 0.2) is 57.4 Å². The molecule has 0 saturated heterocycles. The summed E-state index contributed by atoms with van der Waals surface area (Å²) < 4.78 is 60.7. The number of rotatable bonds is 9. The molecular weight excluding hydrogens is 590 g/mol. The Hall–Kier alpha value is -3.82. The summed E-state index contributed by atoms with van der Waals surface area (Å²) in [6.07, 6.45) is 0.0735. The summed E-state index contributed by atoms with van der Waals surface area (Å²) in [5.74, 6) is -1.38. The van der Waals surface area contributed by atoms with Crippen LogP contribution in [0.1, 0.15) is 24.1 Å². The van der Waals surface area contributed by atoms with E-state index in [1.165, 1.54) is 31.4 Å². The molecule has 1 aliphatic carbocycles. The summed E-state index contributed by atoms with van der Waals surface area (Å²) in [5.41, 5.74) is -0.352. The van der Waals surface area contributed by atoms with Crippen LogP contribution in [0.2, 0.25) is 5.15 Å². The van der Waals surface area contributed by atoms with Crippen LogP contribution in [0.25, 0.3) is 0 Å². The number of nitro benzene ring substituents is 1. The van der Waals surface area contributed by atoms with Gasteiger partial charge in [0.15, 0.2) is 37.5 Å². The standard InChI is InChI=1S/C24H19ClF2N6O5S2/c1-12-10-18(32-31-12)28-22-20(38-2)21(25)29-23(30-22)39-17-7-6-13(11-15(17)26)40(36,37)24(8-9-24)14-4-3-5-16(19(14)27)33(34)35/h3-7,10-11H,8-9H2,1-2H3,(H2,28,29,30,31,32). The molecule has 0 unspecified atom stereocenters. The van der Waals surface area contributed by atoms with E-state index in [4.69, 9.17) is 16.3 Å². The quantitative estimate of drug-likeness (QED) is 0.104. The van der Waals surface area contributed by atoms with E-state index in [1.54, 1.807) is 6.07 Å². The van der Waals surface area contributed by atoms with E-state index in [0.717, 1.165) is 29.6 Å². The summed E-state index contributed by atoms with van der Waals surface area (Å²) in [5, 5.41) is 20.9. The van der Waals surface area contributed by atoms with Gasteiger partial charge in [0.05, 0.1) is 21.8 Å². The molecule has 1 aliphatic rings. The summed E-state index contributed by atoms with van der Waals surface area (Å²) in [7, 11) is -2.93. The first-order valence-corrected chi connectivity index (χ1v) is 14.2. The zero-order valence-electron chi connectivity index (χ0n) is 20.7. The maximum absolute atomic E-state index is 15.2. The van der Waals surface area contributed by atoms with Crippen LogP contribution in [0, 0.1) is 28.7 Å². The van der Waals surface area contributed by atoms with E-state index >= 15 is 4.39 Å². The van der Waals surface area contributed by atoms with Crippen molar-refractivity contribution in [3.05, 3.63) is 80.6 Å². The van der Waals surface area contributed by atoms with Crippen molar-refractivity contribution in [3.63, 3.8) is 0 Å². The van der Waals surface area contributed by atoms with Crippen molar-refractivity contribution in [1.29, 1.82) is 0 Å². The highest BCUT2D eigenvalue weighted by molar-refractivity contribution is 7.99. The molecule has 16 heteroatoms. The molecular formula is C24H19ClF2N6O5S2. The molecule has 4 aromatic rings. The lowest BCUT2D eigenvalue weighted by Crippen LogP contribution is -2.23. The van der Waals surface area contributed by atoms with Gasteiger partial charge in [-0.3, -0.25) is 15.2 Å². The number of nitrogens with zero attached hydrogens (tertiary/aromatic N) is 4. The highest BCUT2D eigenvalue weighted by Gasteiger charge is 2.58. The first-order valence-electron chi connectivity index (χ1n) is 11.5. The van der Waals surface area contributed by atoms with Gasteiger partial charge in [-0.2, -0.15) is 9.49 Å². The molecule has 0 spiro atoms. The van der Waals surface area contributed by atoms with E-state index in [0.29, 0.717) is 5.82 Å². The third-order valence-electron chi connectivity index (χ3n) is 6.26. The third kappa shape index (κ3) is 4.84. The summed E-state index contributed by atoms with van der Waals surface area (Å²) in [4.78, 5) is 18.3. The number of benzene rings is 2. The first-order chi connectivity index (χ1) is 19.0. The van der Waals surface area contributed by atoms with Crippen LogP contribution in [0.4, 0.5) is 26.1 Å². The Kier molecular flexibility index (Phi) is 7.14. The number of hydrogen-bond donors (Lipinski definition) is 2. The lowest BCUT2D eigenvalue weighted by molar-refractivity contribution is -0.387. The minimum Gasteiger partial charge on any atom is -0.490 e. The lowest BCUT2D eigenvalue weighted by Gasteiger charge is -2.18. The van der Waals surface area contributed by atoms with Crippen LogP contribution in [-0.2, 0) is 14.6 Å². The first kappa shape index (κ1) is 27.7. The zero-order valence-corrected chi connectivity index (χ0v) is 23.1. The molecule has 11 nitrogen and oxygen atoms in total. The van der Waals surface area contributed by atoms with Crippen molar-refractivity contribution in [1.82, 2.24) is 20.2 Å². The number of ether oxygens (including phenoxy) is 1. The van der Waals surface area contributed by atoms with Crippen molar-refractivity contribution < 1.29 is 26.9 Å². The SMILES string of the molecule is COc1c(Cl)nc(Sc2ccc(S(=O)(=O)C3(c4cccc([N+](=O)[O-])c4F)CC3)cc2F)nc1Nc1cc(C)[nH]n1. The fourth-order valence-electron chi connectivity index (χ4n) is 4.18. The molecule has 0 radical (unpaired) electrons. The Morgan fingerprint density at radius 1 is 1.20 bits per heavy atom. The second-order valence-electron chi connectivity index (χ2n) is 8.83. The Morgan fingerprint density at radius 2 is 1.95 bits per heavy atom. The molecule has 0 amide bonds. The van der Waals surface area contributed by atoms with Crippen molar-refractivity contribution in [3.8, 4) is 5.75 Å². The minimum atomic E-state index is -4.31. The molecule has 2 N–H and O–H groups in total. The number of aromatic amines is 1. The zero-order chi connectivity index (χ0) is 28.8. The van der Waals surface area contributed by atoms with Crippen LogP contribution < -0.4 is 10.1 Å². The molecule has 1 fully saturated rings. The van der Waals surface area contributed by atoms with Crippen molar-refractivity contribution in [2.75, 3.05) is 12.4 Å². The number of anilines is 2. The van der Waals surface area contributed by atoms with Crippen molar-refractivity contribution in [2.24, 2.45) is 0 Å². The predicted octanol–water partition coefficient (Wildman–Crippen LogP) is 5.71. The predicted molar refractivity (Wildman–Crippen MR) is 142 cm³/mol. The molecule has 0 aliphatic heterocycles. The molecule has 2 heterocycles. The number of aryl methyl sites for hydroxylation is 1. The van der Waals surface area contributed by atoms with Gasteiger partial charge in [-0.1, -0.05) is 23.7 Å². The fourth-order valence-corrected chi connectivity index (χ4v) is 7.29. The Bertz CT molecular complexity index is 1760.